The van der Waals surface area contributed by atoms with Gasteiger partial charge in [0.1, 0.15) is 18.5 Å². The van der Waals surface area contributed by atoms with Gasteiger partial charge in [-0.2, -0.15) is 5.10 Å². The lowest BCUT2D eigenvalue weighted by molar-refractivity contribution is -0.122. The highest BCUT2D eigenvalue weighted by Crippen LogP contribution is 2.17. The highest BCUT2D eigenvalue weighted by Gasteiger charge is 2.18. The minimum Gasteiger partial charge on any atom is -0.386 e. The predicted octanol–water partition coefficient (Wildman–Crippen LogP) is 1.05. The molecule has 1 aromatic heterocycles. The van der Waals surface area contributed by atoms with Crippen LogP contribution in [0.25, 0.3) is 0 Å². The summed E-state index contributed by atoms with van der Waals surface area (Å²) in [5.41, 5.74) is 0.556. The molecule has 1 heterocycles. The zero-order valence-corrected chi connectivity index (χ0v) is 11.6. The topological polar surface area (TPSA) is 80.0 Å². The van der Waals surface area contributed by atoms with Gasteiger partial charge in [-0.25, -0.2) is 9.37 Å². The van der Waals surface area contributed by atoms with Gasteiger partial charge in [0.25, 0.3) is 0 Å². The molecule has 0 radical (unpaired) electrons. The fourth-order valence-corrected chi connectivity index (χ4v) is 1.92. The average molecular weight is 292 g/mol. The van der Waals surface area contributed by atoms with Crippen LogP contribution in [0.3, 0.4) is 0 Å². The first-order valence-electron chi connectivity index (χ1n) is 6.61. The smallest absolute Gasteiger partial charge is 0.222 e. The number of amides is 1. The van der Waals surface area contributed by atoms with Gasteiger partial charge in [0.15, 0.2) is 0 Å². The highest BCUT2D eigenvalue weighted by molar-refractivity contribution is 5.76. The highest BCUT2D eigenvalue weighted by atomic mass is 19.1. The first kappa shape index (κ1) is 15.1. The van der Waals surface area contributed by atoms with E-state index in [1.807, 2.05) is 0 Å². The number of rotatable bonds is 6. The van der Waals surface area contributed by atoms with Crippen LogP contribution in [0.2, 0.25) is 0 Å². The van der Waals surface area contributed by atoms with Crippen molar-refractivity contribution in [2.75, 3.05) is 0 Å². The summed E-state index contributed by atoms with van der Waals surface area (Å²) < 4.78 is 14.4. The van der Waals surface area contributed by atoms with Gasteiger partial charge in [-0.3, -0.25) is 9.48 Å². The van der Waals surface area contributed by atoms with Gasteiger partial charge in [0.05, 0.1) is 18.7 Å². The number of aromatic nitrogens is 3. The second-order valence-corrected chi connectivity index (χ2v) is 4.76. The lowest BCUT2D eigenvalue weighted by atomic mass is 10.0. The molecular weight excluding hydrogens is 275 g/mol. The van der Waals surface area contributed by atoms with Crippen molar-refractivity contribution in [2.24, 2.45) is 0 Å². The lowest BCUT2D eigenvalue weighted by Gasteiger charge is -2.20. The number of aryl methyl sites for hydroxylation is 1. The molecule has 0 saturated heterocycles. The maximum atomic E-state index is 12.8. The number of nitrogens with one attached hydrogen (secondary N) is 1. The average Bonchev–Trinajstić information content (AvgIpc) is 2.98. The van der Waals surface area contributed by atoms with E-state index in [1.165, 1.54) is 36.9 Å². The summed E-state index contributed by atoms with van der Waals surface area (Å²) in [4.78, 5) is 15.6. The Kier molecular flexibility index (Phi) is 4.99. The predicted molar refractivity (Wildman–Crippen MR) is 73.6 cm³/mol. The van der Waals surface area contributed by atoms with Gasteiger partial charge in [0.2, 0.25) is 5.91 Å². The number of benzene rings is 1. The maximum Gasteiger partial charge on any atom is 0.222 e. The largest absolute Gasteiger partial charge is 0.386 e. The Morgan fingerprint density at radius 2 is 2.14 bits per heavy atom. The zero-order valence-electron chi connectivity index (χ0n) is 11.6. The van der Waals surface area contributed by atoms with Crippen LogP contribution in [0, 0.1) is 5.82 Å². The van der Waals surface area contributed by atoms with Crippen molar-refractivity contribution < 1.29 is 14.3 Å². The maximum absolute atomic E-state index is 12.8. The molecule has 0 fully saturated rings. The minimum absolute atomic E-state index is 0.195. The van der Waals surface area contributed by atoms with Crippen LogP contribution in [0.5, 0.6) is 0 Å². The standard InChI is InChI=1S/C14H17FN4O2/c1-10(14(21)11-2-4-12(15)5-3-11)18-13(20)6-7-19-9-16-8-17-19/h2-5,8-10,14,21H,6-7H2,1H3,(H,18,20). The van der Waals surface area contributed by atoms with Gasteiger partial charge in [-0.15, -0.1) is 0 Å². The number of hydrogen-bond acceptors (Lipinski definition) is 4. The van der Waals surface area contributed by atoms with Crippen LogP contribution in [0.4, 0.5) is 4.39 Å². The molecule has 0 bridgehead atoms. The fourth-order valence-electron chi connectivity index (χ4n) is 1.92. The molecule has 2 N–H and O–H groups in total. The number of carbonyl (C=O) groups is 1. The van der Waals surface area contributed by atoms with E-state index in [2.05, 4.69) is 15.4 Å². The monoisotopic (exact) mass is 292 g/mol. The van der Waals surface area contributed by atoms with Crippen molar-refractivity contribution >= 4 is 5.91 Å². The molecule has 1 amide bonds. The van der Waals surface area contributed by atoms with Crippen LogP contribution < -0.4 is 5.32 Å². The Labute approximate surface area is 121 Å². The number of nitrogens with zero attached hydrogens (tertiary/aromatic N) is 3. The Bertz CT molecular complexity index is 571. The van der Waals surface area contributed by atoms with Gasteiger partial charge in [0, 0.05) is 6.42 Å². The fraction of sp³-hybridized carbons (Fsp3) is 0.357. The molecule has 0 aliphatic heterocycles. The van der Waals surface area contributed by atoms with E-state index in [0.717, 1.165) is 0 Å². The number of carbonyl (C=O) groups excluding carboxylic acids is 1. The summed E-state index contributed by atoms with van der Waals surface area (Å²) >= 11 is 0. The van der Waals surface area contributed by atoms with Gasteiger partial charge < -0.3 is 10.4 Å². The van der Waals surface area contributed by atoms with Crippen LogP contribution in [0.1, 0.15) is 25.0 Å². The third kappa shape index (κ3) is 4.35. The summed E-state index contributed by atoms with van der Waals surface area (Å²) in [7, 11) is 0. The summed E-state index contributed by atoms with van der Waals surface area (Å²) in [5, 5.41) is 16.7. The third-order valence-corrected chi connectivity index (χ3v) is 3.11. The van der Waals surface area contributed by atoms with Gasteiger partial charge >= 0.3 is 0 Å². The minimum atomic E-state index is -0.888. The molecule has 2 rings (SSSR count). The molecule has 21 heavy (non-hydrogen) atoms. The Morgan fingerprint density at radius 3 is 2.76 bits per heavy atom. The number of aliphatic hydroxyl groups excluding tert-OH is 1. The molecule has 0 aliphatic carbocycles. The first-order chi connectivity index (χ1) is 10.1. The summed E-state index contributed by atoms with van der Waals surface area (Å²) in [5.74, 6) is -0.561. The molecule has 112 valence electrons. The normalized spacial score (nSPS) is 13.7. The van der Waals surface area contributed by atoms with Crippen LogP contribution in [-0.4, -0.2) is 31.8 Å². The van der Waals surface area contributed by atoms with Crippen molar-refractivity contribution in [2.45, 2.75) is 32.0 Å². The molecule has 7 heteroatoms. The molecule has 0 spiro atoms. The van der Waals surface area contributed by atoms with E-state index in [4.69, 9.17) is 0 Å². The van der Waals surface area contributed by atoms with Crippen molar-refractivity contribution in [1.29, 1.82) is 0 Å². The van der Waals surface area contributed by atoms with Gasteiger partial charge in [-0.1, -0.05) is 12.1 Å². The third-order valence-electron chi connectivity index (χ3n) is 3.11. The van der Waals surface area contributed by atoms with E-state index in [0.29, 0.717) is 12.1 Å². The first-order valence-corrected chi connectivity index (χ1v) is 6.61. The number of hydrogen-bond donors (Lipinski definition) is 2. The van der Waals surface area contributed by atoms with E-state index in [9.17, 15) is 14.3 Å². The zero-order chi connectivity index (χ0) is 15.2. The molecule has 1 aromatic carbocycles. The van der Waals surface area contributed by atoms with E-state index < -0.39 is 12.1 Å². The molecule has 6 nitrogen and oxygen atoms in total. The SMILES string of the molecule is CC(NC(=O)CCn1cncn1)C(O)c1ccc(F)cc1. The molecule has 0 aliphatic rings. The second kappa shape index (κ2) is 6.94. The van der Waals surface area contributed by atoms with Crippen molar-refractivity contribution in [1.82, 2.24) is 20.1 Å². The molecule has 2 aromatic rings. The second-order valence-electron chi connectivity index (χ2n) is 4.76. The van der Waals surface area contributed by atoms with Crippen LogP contribution in [-0.2, 0) is 11.3 Å². The van der Waals surface area contributed by atoms with Crippen molar-refractivity contribution in [3.63, 3.8) is 0 Å². The van der Waals surface area contributed by atoms with Gasteiger partial charge in [-0.05, 0) is 24.6 Å². The Balaban J connectivity index is 1.83. The van der Waals surface area contributed by atoms with E-state index in [1.54, 1.807) is 11.6 Å². The molecule has 0 saturated carbocycles. The molecular formula is C14H17FN4O2. The number of halogens is 1. The van der Waals surface area contributed by atoms with Crippen LogP contribution >= 0.6 is 0 Å². The summed E-state index contributed by atoms with van der Waals surface area (Å²) in [6.07, 6.45) is 2.29. The Hall–Kier alpha value is -2.28. The molecule has 2 atom stereocenters. The quantitative estimate of drug-likeness (QED) is 0.834. The Morgan fingerprint density at radius 1 is 1.43 bits per heavy atom. The van der Waals surface area contributed by atoms with Crippen LogP contribution in [0.15, 0.2) is 36.9 Å². The lowest BCUT2D eigenvalue weighted by Crippen LogP contribution is -2.37. The summed E-state index contributed by atoms with van der Waals surface area (Å²) in [6, 6.07) is 5.07. The molecule has 2 unspecified atom stereocenters. The number of aliphatic hydroxyl groups is 1. The summed E-state index contributed by atoms with van der Waals surface area (Å²) in [6.45, 7) is 2.12. The van der Waals surface area contributed by atoms with Crippen molar-refractivity contribution in [3.05, 3.63) is 48.3 Å². The van der Waals surface area contributed by atoms with E-state index in [-0.39, 0.29) is 18.1 Å². The van der Waals surface area contributed by atoms with E-state index >= 15 is 0 Å². The van der Waals surface area contributed by atoms with Crippen molar-refractivity contribution in [3.8, 4) is 0 Å².